The maximum Gasteiger partial charge on any atom is 0.229 e. The first-order chi connectivity index (χ1) is 12.6. The van der Waals surface area contributed by atoms with Crippen molar-refractivity contribution in [3.63, 3.8) is 0 Å². The molecule has 1 heterocycles. The number of benzene rings is 2. The summed E-state index contributed by atoms with van der Waals surface area (Å²) in [5.74, 6) is -0.790. The van der Waals surface area contributed by atoms with Crippen LogP contribution in [0.1, 0.15) is 40.1 Å². The van der Waals surface area contributed by atoms with Crippen LogP contribution in [-0.2, 0) is 0 Å². The number of halogens is 2. The van der Waals surface area contributed by atoms with Crippen LogP contribution in [0.25, 0.3) is 5.57 Å². The Morgan fingerprint density at radius 2 is 1.58 bits per heavy atom. The van der Waals surface area contributed by atoms with Gasteiger partial charge in [0.15, 0.2) is 10.9 Å². The highest BCUT2D eigenvalue weighted by Crippen LogP contribution is 2.47. The van der Waals surface area contributed by atoms with E-state index in [1.807, 2.05) is 6.07 Å². The molecule has 1 aromatic heterocycles. The van der Waals surface area contributed by atoms with E-state index >= 15 is 0 Å². The molecule has 0 amide bonds. The summed E-state index contributed by atoms with van der Waals surface area (Å²) in [4.78, 5) is 13.6. The van der Waals surface area contributed by atoms with E-state index in [4.69, 9.17) is 4.42 Å². The lowest BCUT2D eigenvalue weighted by atomic mass is 9.84. The van der Waals surface area contributed by atoms with Crippen LogP contribution in [0.5, 0.6) is 0 Å². The fourth-order valence-corrected chi connectivity index (χ4v) is 4.08. The highest BCUT2D eigenvalue weighted by atomic mass is 32.2. The Hall–Kier alpha value is -2.66. The number of allylic oxidation sites excluding steroid dienone is 1. The quantitative estimate of drug-likeness (QED) is 0.446. The molecule has 2 aromatic carbocycles. The van der Waals surface area contributed by atoms with Gasteiger partial charge in [-0.15, -0.1) is 0 Å². The molecule has 1 fully saturated rings. The van der Waals surface area contributed by atoms with Crippen LogP contribution in [0, 0.1) is 11.6 Å². The Bertz CT molecular complexity index is 1090. The van der Waals surface area contributed by atoms with Crippen molar-refractivity contribution in [1.82, 2.24) is 0 Å². The van der Waals surface area contributed by atoms with E-state index in [1.165, 1.54) is 41.6 Å². The van der Waals surface area contributed by atoms with Gasteiger partial charge in [-0.1, -0.05) is 23.4 Å². The summed E-state index contributed by atoms with van der Waals surface area (Å²) in [6.45, 7) is 0. The van der Waals surface area contributed by atoms with E-state index in [2.05, 4.69) is 0 Å². The number of fused-ring (bicyclic) bond motifs is 2. The van der Waals surface area contributed by atoms with Crippen LogP contribution in [0.4, 0.5) is 8.78 Å². The number of furan rings is 1. The van der Waals surface area contributed by atoms with Crippen LogP contribution in [0.15, 0.2) is 68.5 Å². The van der Waals surface area contributed by atoms with Crippen LogP contribution in [0.2, 0.25) is 0 Å². The second-order valence-electron chi connectivity index (χ2n) is 6.36. The monoisotopic (exact) mass is 366 g/mol. The molecule has 0 atom stereocenters. The molecule has 5 heteroatoms. The van der Waals surface area contributed by atoms with Gasteiger partial charge in [-0.25, -0.2) is 8.78 Å². The molecule has 0 bridgehead atoms. The summed E-state index contributed by atoms with van der Waals surface area (Å²) in [6, 6.07) is 12.3. The fourth-order valence-electron chi connectivity index (χ4n) is 3.28. The first kappa shape index (κ1) is 15.6. The van der Waals surface area contributed by atoms with Gasteiger partial charge in [0.25, 0.3) is 0 Å². The maximum absolute atomic E-state index is 13.7. The van der Waals surface area contributed by atoms with Gasteiger partial charge >= 0.3 is 0 Å². The van der Waals surface area contributed by atoms with Gasteiger partial charge in [0.05, 0.1) is 0 Å². The summed E-state index contributed by atoms with van der Waals surface area (Å²) in [7, 11) is 0. The van der Waals surface area contributed by atoms with Crippen molar-refractivity contribution in [2.45, 2.75) is 22.8 Å². The third kappa shape index (κ3) is 2.51. The Labute approximate surface area is 152 Å². The molecule has 128 valence electrons. The summed E-state index contributed by atoms with van der Waals surface area (Å²) < 4.78 is 32.6. The number of hydrogen-bond acceptors (Lipinski definition) is 3. The van der Waals surface area contributed by atoms with E-state index < -0.39 is 5.82 Å². The van der Waals surface area contributed by atoms with Crippen LogP contribution in [0.3, 0.4) is 0 Å². The van der Waals surface area contributed by atoms with Crippen molar-refractivity contribution >= 4 is 23.1 Å². The molecule has 1 saturated carbocycles. The highest BCUT2D eigenvalue weighted by molar-refractivity contribution is 7.99. The molecule has 0 radical (unpaired) electrons. The van der Waals surface area contributed by atoms with Crippen molar-refractivity contribution in [3.05, 3.63) is 88.2 Å². The van der Waals surface area contributed by atoms with Crippen molar-refractivity contribution < 1.29 is 18.0 Å². The average Bonchev–Trinajstić information content (AvgIpc) is 3.37. The van der Waals surface area contributed by atoms with Gasteiger partial charge in [-0.05, 0) is 66.4 Å². The normalized spacial score (nSPS) is 15.1. The van der Waals surface area contributed by atoms with Crippen molar-refractivity contribution in [2.75, 3.05) is 0 Å². The zero-order valence-corrected chi connectivity index (χ0v) is 14.3. The molecule has 3 aromatic rings. The fraction of sp³-hybridized carbons (Fsp3) is 0.0952. The number of carbonyl (C=O) groups excluding carboxylic acids is 1. The lowest BCUT2D eigenvalue weighted by Crippen LogP contribution is -2.13. The van der Waals surface area contributed by atoms with E-state index in [0.717, 1.165) is 34.4 Å². The third-order valence-electron chi connectivity index (χ3n) is 4.57. The number of ketones is 1. The minimum atomic E-state index is -0.437. The minimum Gasteiger partial charge on any atom is -0.445 e. The van der Waals surface area contributed by atoms with E-state index in [-0.39, 0.29) is 17.4 Å². The molecule has 0 aliphatic heterocycles. The first-order valence-electron chi connectivity index (χ1n) is 8.24. The predicted molar refractivity (Wildman–Crippen MR) is 94.3 cm³/mol. The second kappa shape index (κ2) is 5.68. The first-order valence-corrected chi connectivity index (χ1v) is 9.06. The molecular weight excluding hydrogens is 354 g/mol. The van der Waals surface area contributed by atoms with Crippen LogP contribution < -0.4 is 0 Å². The minimum absolute atomic E-state index is 0.252. The zero-order valence-electron chi connectivity index (χ0n) is 13.5. The largest absolute Gasteiger partial charge is 0.445 e. The molecule has 2 aliphatic rings. The lowest BCUT2D eigenvalue weighted by Gasteiger charge is -2.17. The number of hydrogen-bond donors (Lipinski definition) is 0. The second-order valence-corrected chi connectivity index (χ2v) is 7.44. The summed E-state index contributed by atoms with van der Waals surface area (Å²) in [6.07, 6.45) is 1.96. The van der Waals surface area contributed by atoms with E-state index in [1.54, 1.807) is 18.2 Å². The van der Waals surface area contributed by atoms with Gasteiger partial charge < -0.3 is 4.42 Å². The molecule has 2 aliphatic carbocycles. The average molecular weight is 366 g/mol. The molecule has 0 spiro atoms. The summed E-state index contributed by atoms with van der Waals surface area (Å²) in [5, 5.41) is 0.557. The van der Waals surface area contributed by atoms with Gasteiger partial charge in [0.1, 0.15) is 11.6 Å². The van der Waals surface area contributed by atoms with Crippen molar-refractivity contribution in [1.29, 1.82) is 0 Å². The third-order valence-corrected chi connectivity index (χ3v) is 5.48. The SMILES string of the molecule is O=C1c2cc(F)ccc2C(=C2CC2)c2cc(Sc3ccc(F)cc3)oc21. The molecule has 5 rings (SSSR count). The zero-order chi connectivity index (χ0) is 17.8. The van der Waals surface area contributed by atoms with E-state index in [9.17, 15) is 13.6 Å². The van der Waals surface area contributed by atoms with Crippen molar-refractivity contribution in [2.24, 2.45) is 0 Å². The van der Waals surface area contributed by atoms with Gasteiger partial charge in [-0.2, -0.15) is 0 Å². The van der Waals surface area contributed by atoms with Gasteiger partial charge in [-0.3, -0.25) is 4.79 Å². The lowest BCUT2D eigenvalue weighted by molar-refractivity contribution is 0.100. The smallest absolute Gasteiger partial charge is 0.229 e. The van der Waals surface area contributed by atoms with Crippen molar-refractivity contribution in [3.8, 4) is 0 Å². The Morgan fingerprint density at radius 1 is 0.846 bits per heavy atom. The van der Waals surface area contributed by atoms with Crippen LogP contribution >= 0.6 is 11.8 Å². The Balaban J connectivity index is 1.62. The summed E-state index contributed by atoms with van der Waals surface area (Å²) in [5.41, 5.74) is 4.14. The number of carbonyl (C=O) groups is 1. The van der Waals surface area contributed by atoms with E-state index in [0.29, 0.717) is 10.7 Å². The van der Waals surface area contributed by atoms with Gasteiger partial charge in [0, 0.05) is 16.0 Å². The highest BCUT2D eigenvalue weighted by Gasteiger charge is 2.35. The predicted octanol–water partition coefficient (Wildman–Crippen LogP) is 5.85. The Kier molecular flexibility index (Phi) is 3.40. The maximum atomic E-state index is 13.7. The molecule has 0 N–H and O–H groups in total. The molecule has 0 saturated heterocycles. The topological polar surface area (TPSA) is 30.2 Å². The summed E-state index contributed by atoms with van der Waals surface area (Å²) >= 11 is 1.33. The van der Waals surface area contributed by atoms with Crippen LogP contribution in [-0.4, -0.2) is 5.78 Å². The molecular formula is C21H12F2O2S. The molecule has 2 nitrogen and oxygen atoms in total. The Morgan fingerprint density at radius 3 is 2.31 bits per heavy atom. The van der Waals surface area contributed by atoms with Gasteiger partial charge in [0.2, 0.25) is 5.78 Å². The molecule has 0 unspecified atom stereocenters. The molecule has 26 heavy (non-hydrogen) atoms. The standard InChI is InChI=1S/C21H12F2O2S/c22-12-3-6-14(7-4-12)26-18-10-17-19(11-1-2-11)15-8-5-13(23)9-16(15)20(24)21(17)25-18/h3-10H,1-2H2. The number of rotatable bonds is 2.